The molecule has 0 spiro atoms. The highest BCUT2D eigenvalue weighted by Crippen LogP contribution is 2.26. The van der Waals surface area contributed by atoms with Crippen LogP contribution in [0.25, 0.3) is 22.3 Å². The summed E-state index contributed by atoms with van der Waals surface area (Å²) in [7, 11) is 0. The van der Waals surface area contributed by atoms with Crippen LogP contribution in [0, 0.1) is 0 Å². The Morgan fingerprint density at radius 2 is 1.67 bits per heavy atom. The minimum Gasteiger partial charge on any atom is -0.347 e. The predicted octanol–water partition coefficient (Wildman–Crippen LogP) is 4.90. The molecule has 0 saturated carbocycles. The minimum absolute atomic E-state index is 0.157. The third kappa shape index (κ3) is 4.92. The summed E-state index contributed by atoms with van der Waals surface area (Å²) in [6, 6.07) is 18.4. The van der Waals surface area contributed by atoms with Gasteiger partial charge in [-0.05, 0) is 58.0 Å². The average Bonchev–Trinajstić information content (AvgIpc) is 3.21. The van der Waals surface area contributed by atoms with Gasteiger partial charge in [0.25, 0.3) is 11.8 Å². The minimum atomic E-state index is -0.323. The number of hydrogen-bond donors (Lipinski definition) is 2. The lowest BCUT2D eigenvalue weighted by Gasteiger charge is -2.20. The van der Waals surface area contributed by atoms with E-state index in [1.807, 2.05) is 58.0 Å². The number of hydrogen-bond acceptors (Lipinski definition) is 4. The van der Waals surface area contributed by atoms with Crippen molar-refractivity contribution < 1.29 is 9.59 Å². The van der Waals surface area contributed by atoms with Crippen molar-refractivity contribution in [3.05, 3.63) is 78.0 Å². The number of benzene rings is 2. The number of aromatic nitrogens is 3. The van der Waals surface area contributed by atoms with Gasteiger partial charge in [0.1, 0.15) is 0 Å². The molecule has 0 saturated heterocycles. The second-order valence-electron chi connectivity index (χ2n) is 8.85. The van der Waals surface area contributed by atoms with Crippen molar-refractivity contribution in [2.45, 2.75) is 39.8 Å². The van der Waals surface area contributed by atoms with E-state index in [2.05, 4.69) is 15.7 Å². The van der Waals surface area contributed by atoms with Crippen molar-refractivity contribution in [3.8, 4) is 11.3 Å². The molecule has 2 amide bonds. The highest BCUT2D eigenvalue weighted by molar-refractivity contribution is 6.12. The molecule has 2 aromatic heterocycles. The molecule has 4 aromatic rings. The molecule has 0 atom stereocenters. The molecule has 4 rings (SSSR count). The van der Waals surface area contributed by atoms with Gasteiger partial charge < -0.3 is 10.6 Å². The van der Waals surface area contributed by atoms with Gasteiger partial charge in [0.2, 0.25) is 0 Å². The van der Waals surface area contributed by atoms with E-state index in [1.165, 1.54) is 0 Å². The predicted molar refractivity (Wildman–Crippen MR) is 130 cm³/mol. The Bertz CT molecular complexity index is 1300. The van der Waals surface area contributed by atoms with Crippen molar-refractivity contribution in [2.24, 2.45) is 0 Å². The monoisotopic (exact) mass is 441 g/mol. The van der Waals surface area contributed by atoms with Crippen LogP contribution in [0.1, 0.15) is 48.4 Å². The van der Waals surface area contributed by atoms with E-state index in [4.69, 9.17) is 4.98 Å². The summed E-state index contributed by atoms with van der Waals surface area (Å²) in [4.78, 5) is 30.4. The van der Waals surface area contributed by atoms with Crippen LogP contribution in [0.15, 0.2) is 66.9 Å². The topological polar surface area (TPSA) is 88.9 Å². The van der Waals surface area contributed by atoms with Crippen LogP contribution >= 0.6 is 0 Å². The first-order chi connectivity index (χ1) is 15.7. The van der Waals surface area contributed by atoms with Crippen LogP contribution in [0.3, 0.4) is 0 Å². The zero-order valence-corrected chi connectivity index (χ0v) is 19.2. The molecule has 0 bridgehead atoms. The molecule has 0 radical (unpaired) electrons. The molecule has 168 valence electrons. The number of carbonyl (C=O) groups excluding carboxylic acids is 2. The van der Waals surface area contributed by atoms with Crippen LogP contribution in [-0.2, 0) is 6.54 Å². The molecular weight excluding hydrogens is 414 g/mol. The molecule has 2 aromatic carbocycles. The fourth-order valence-corrected chi connectivity index (χ4v) is 3.54. The first kappa shape index (κ1) is 22.2. The van der Waals surface area contributed by atoms with E-state index in [1.54, 1.807) is 41.2 Å². The normalized spacial score (nSPS) is 11.4. The second-order valence-corrected chi connectivity index (χ2v) is 8.85. The Morgan fingerprint density at radius 1 is 0.970 bits per heavy atom. The summed E-state index contributed by atoms with van der Waals surface area (Å²) in [5.74, 6) is -0.419. The number of pyridine rings is 1. The molecule has 7 nitrogen and oxygen atoms in total. The van der Waals surface area contributed by atoms with Crippen molar-refractivity contribution in [3.63, 3.8) is 0 Å². The standard InChI is InChI=1S/C26H27N5O2/c1-5-31-23-21(16-27-31)20(15-22(29-23)17-9-7-6-8-10-17)25(33)28-19-13-11-18(12-14-19)24(32)30-26(2,3)4/h6-16H,5H2,1-4H3,(H,28,33)(H,30,32). The largest absolute Gasteiger partial charge is 0.347 e. The number of amides is 2. The number of nitrogens with zero attached hydrogens (tertiary/aromatic N) is 3. The van der Waals surface area contributed by atoms with Gasteiger partial charge in [0.15, 0.2) is 5.65 Å². The van der Waals surface area contributed by atoms with E-state index in [0.717, 1.165) is 5.56 Å². The van der Waals surface area contributed by atoms with Crippen LogP contribution in [0.4, 0.5) is 5.69 Å². The molecule has 33 heavy (non-hydrogen) atoms. The quantitative estimate of drug-likeness (QED) is 0.461. The first-order valence-corrected chi connectivity index (χ1v) is 10.9. The second kappa shape index (κ2) is 8.86. The third-order valence-electron chi connectivity index (χ3n) is 5.12. The van der Waals surface area contributed by atoms with E-state index in [0.29, 0.717) is 40.1 Å². The maximum absolute atomic E-state index is 13.3. The van der Waals surface area contributed by atoms with Crippen LogP contribution in [-0.4, -0.2) is 32.1 Å². The molecule has 0 aliphatic heterocycles. The maximum atomic E-state index is 13.3. The van der Waals surface area contributed by atoms with E-state index in [-0.39, 0.29) is 17.4 Å². The maximum Gasteiger partial charge on any atom is 0.256 e. The summed E-state index contributed by atoms with van der Waals surface area (Å²) in [5, 5.41) is 10.9. The zero-order chi connectivity index (χ0) is 23.6. The van der Waals surface area contributed by atoms with Gasteiger partial charge in [-0.15, -0.1) is 0 Å². The number of anilines is 1. The third-order valence-corrected chi connectivity index (χ3v) is 5.12. The summed E-state index contributed by atoms with van der Waals surface area (Å²) < 4.78 is 1.78. The molecule has 2 heterocycles. The van der Waals surface area contributed by atoms with Crippen LogP contribution in [0.5, 0.6) is 0 Å². The van der Waals surface area contributed by atoms with Crippen molar-refractivity contribution in [1.82, 2.24) is 20.1 Å². The molecule has 2 N–H and O–H groups in total. The summed E-state index contributed by atoms with van der Waals surface area (Å²) in [5.41, 5.74) is 3.59. The highest BCUT2D eigenvalue weighted by Gasteiger charge is 2.18. The van der Waals surface area contributed by atoms with Gasteiger partial charge >= 0.3 is 0 Å². The fourth-order valence-electron chi connectivity index (χ4n) is 3.54. The first-order valence-electron chi connectivity index (χ1n) is 10.9. The summed E-state index contributed by atoms with van der Waals surface area (Å²) >= 11 is 0. The molecular formula is C26H27N5O2. The van der Waals surface area contributed by atoms with E-state index in [9.17, 15) is 9.59 Å². The lowest BCUT2D eigenvalue weighted by molar-refractivity contribution is 0.0919. The van der Waals surface area contributed by atoms with Gasteiger partial charge in [-0.1, -0.05) is 30.3 Å². The number of fused-ring (bicyclic) bond motifs is 1. The lowest BCUT2D eigenvalue weighted by Crippen LogP contribution is -2.40. The number of nitrogens with one attached hydrogen (secondary N) is 2. The van der Waals surface area contributed by atoms with Crippen LogP contribution in [0.2, 0.25) is 0 Å². The molecule has 7 heteroatoms. The van der Waals surface area contributed by atoms with Gasteiger partial charge in [0, 0.05) is 28.9 Å². The van der Waals surface area contributed by atoms with E-state index >= 15 is 0 Å². The smallest absolute Gasteiger partial charge is 0.256 e. The molecule has 0 fully saturated rings. The Morgan fingerprint density at radius 3 is 2.30 bits per heavy atom. The number of aryl methyl sites for hydroxylation is 1. The Kier molecular flexibility index (Phi) is 5.96. The number of rotatable bonds is 5. The van der Waals surface area contributed by atoms with Gasteiger partial charge in [-0.25, -0.2) is 9.67 Å². The van der Waals surface area contributed by atoms with Gasteiger partial charge in [0.05, 0.1) is 22.8 Å². The van der Waals surface area contributed by atoms with Crippen molar-refractivity contribution >= 4 is 28.5 Å². The van der Waals surface area contributed by atoms with E-state index < -0.39 is 0 Å². The Labute approximate surface area is 192 Å². The molecule has 0 aliphatic rings. The van der Waals surface area contributed by atoms with Gasteiger partial charge in [-0.3, -0.25) is 9.59 Å². The fraction of sp³-hybridized carbons (Fsp3) is 0.231. The lowest BCUT2D eigenvalue weighted by atomic mass is 10.1. The van der Waals surface area contributed by atoms with Gasteiger partial charge in [-0.2, -0.15) is 5.10 Å². The molecule has 0 unspecified atom stereocenters. The average molecular weight is 442 g/mol. The molecule has 0 aliphatic carbocycles. The Balaban J connectivity index is 1.64. The summed E-state index contributed by atoms with van der Waals surface area (Å²) in [6.07, 6.45) is 1.68. The zero-order valence-electron chi connectivity index (χ0n) is 19.2. The summed E-state index contributed by atoms with van der Waals surface area (Å²) in [6.45, 7) is 8.42. The van der Waals surface area contributed by atoms with Crippen molar-refractivity contribution in [1.29, 1.82) is 0 Å². The SMILES string of the molecule is CCn1ncc2c(C(=O)Nc3ccc(C(=O)NC(C)(C)C)cc3)cc(-c3ccccc3)nc21. The van der Waals surface area contributed by atoms with Crippen molar-refractivity contribution in [2.75, 3.05) is 5.32 Å². The number of carbonyl (C=O) groups is 2. The highest BCUT2D eigenvalue weighted by atomic mass is 16.2. The Hall–Kier alpha value is -4.00. The van der Waals surface area contributed by atoms with Crippen LogP contribution < -0.4 is 10.6 Å².